The van der Waals surface area contributed by atoms with E-state index in [2.05, 4.69) is 24.4 Å². The van der Waals surface area contributed by atoms with E-state index in [1.165, 1.54) is 11.1 Å². The van der Waals surface area contributed by atoms with Crippen molar-refractivity contribution in [2.24, 2.45) is 11.5 Å². The minimum Gasteiger partial charge on any atom is -0.350 e. The second kappa shape index (κ2) is 10.4. The third-order valence-electron chi connectivity index (χ3n) is 5.87. The fraction of sp³-hybridized carbons (Fsp3) is 0.417. The maximum absolute atomic E-state index is 12.9. The topological polar surface area (TPSA) is 101 Å². The van der Waals surface area contributed by atoms with Crippen molar-refractivity contribution in [3.63, 3.8) is 0 Å². The zero-order valence-corrected chi connectivity index (χ0v) is 17.6. The Kier molecular flexibility index (Phi) is 7.60. The molecule has 160 valence electrons. The van der Waals surface area contributed by atoms with Gasteiger partial charge in [-0.1, -0.05) is 48.5 Å². The van der Waals surface area contributed by atoms with Crippen LogP contribution in [0.3, 0.4) is 0 Å². The van der Waals surface area contributed by atoms with Crippen LogP contribution in [0.4, 0.5) is 0 Å². The van der Waals surface area contributed by atoms with E-state index >= 15 is 0 Å². The van der Waals surface area contributed by atoms with Gasteiger partial charge in [-0.05, 0) is 54.9 Å². The van der Waals surface area contributed by atoms with Gasteiger partial charge in [0.05, 0.1) is 6.04 Å². The van der Waals surface area contributed by atoms with Crippen molar-refractivity contribution in [2.45, 2.75) is 57.8 Å². The van der Waals surface area contributed by atoms with Gasteiger partial charge in [0.25, 0.3) is 0 Å². The Morgan fingerprint density at radius 3 is 2.53 bits per heavy atom. The van der Waals surface area contributed by atoms with Crippen LogP contribution < -0.4 is 16.8 Å². The number of hydrogen-bond acceptors (Lipinski definition) is 4. The number of nitrogens with two attached hydrogens (primary N) is 2. The van der Waals surface area contributed by atoms with Gasteiger partial charge < -0.3 is 21.7 Å². The molecular weight excluding hydrogens is 376 g/mol. The Bertz CT molecular complexity index is 866. The number of amides is 2. The molecule has 1 heterocycles. The van der Waals surface area contributed by atoms with Crippen molar-refractivity contribution in [3.8, 4) is 0 Å². The molecule has 1 aliphatic heterocycles. The summed E-state index contributed by atoms with van der Waals surface area (Å²) >= 11 is 0. The smallest absolute Gasteiger partial charge is 0.243 e. The largest absolute Gasteiger partial charge is 0.350 e. The first kappa shape index (κ1) is 22.0. The Morgan fingerprint density at radius 2 is 1.83 bits per heavy atom. The van der Waals surface area contributed by atoms with Crippen LogP contribution in [0, 0.1) is 6.92 Å². The second-order valence-electron chi connectivity index (χ2n) is 8.00. The molecule has 6 heteroatoms. The number of nitrogens with zero attached hydrogens (tertiary/aromatic N) is 1. The summed E-state index contributed by atoms with van der Waals surface area (Å²) in [5, 5.41) is 2.96. The molecule has 0 spiro atoms. The Morgan fingerprint density at radius 1 is 1.13 bits per heavy atom. The highest BCUT2D eigenvalue weighted by atomic mass is 16.2. The number of benzene rings is 2. The van der Waals surface area contributed by atoms with E-state index in [1.807, 2.05) is 36.4 Å². The molecule has 0 saturated carbocycles. The molecule has 2 atom stereocenters. The molecule has 1 fully saturated rings. The fourth-order valence-electron chi connectivity index (χ4n) is 3.94. The predicted octanol–water partition coefficient (Wildman–Crippen LogP) is 2.02. The minimum absolute atomic E-state index is 0.116. The maximum Gasteiger partial charge on any atom is 0.243 e. The summed E-state index contributed by atoms with van der Waals surface area (Å²) in [4.78, 5) is 27.3. The molecule has 1 saturated heterocycles. The second-order valence-corrected chi connectivity index (χ2v) is 8.00. The van der Waals surface area contributed by atoms with Gasteiger partial charge in [-0.3, -0.25) is 9.59 Å². The molecule has 1 aliphatic rings. The van der Waals surface area contributed by atoms with E-state index < -0.39 is 12.1 Å². The third-order valence-corrected chi connectivity index (χ3v) is 5.87. The molecule has 6 nitrogen and oxygen atoms in total. The van der Waals surface area contributed by atoms with Crippen LogP contribution in [0.2, 0.25) is 0 Å². The normalized spacial score (nSPS) is 17.0. The number of nitrogens with one attached hydrogen (secondary N) is 1. The van der Waals surface area contributed by atoms with E-state index in [9.17, 15) is 9.59 Å². The molecule has 30 heavy (non-hydrogen) atoms. The zero-order chi connectivity index (χ0) is 21.5. The number of carbonyl (C=O) groups is 2. The molecule has 5 N–H and O–H groups in total. The van der Waals surface area contributed by atoms with Gasteiger partial charge in [-0.25, -0.2) is 0 Å². The van der Waals surface area contributed by atoms with E-state index in [-0.39, 0.29) is 11.8 Å². The molecule has 2 amide bonds. The zero-order valence-electron chi connectivity index (χ0n) is 17.6. The van der Waals surface area contributed by atoms with Gasteiger partial charge >= 0.3 is 0 Å². The van der Waals surface area contributed by atoms with E-state index in [4.69, 9.17) is 11.5 Å². The van der Waals surface area contributed by atoms with Crippen molar-refractivity contribution < 1.29 is 9.59 Å². The standard InChI is InChI=1S/C24H32N4O2/c1-17-5-2-3-6-20(17)12-13-21(26)24(30)28-14-4-7-22(28)23(29)27-16-19-10-8-18(15-25)9-11-19/h2-3,5-6,8-11,21-22H,4,7,12-16,25-26H2,1H3,(H,27,29)/t21-,22+/m1/s1. The first-order chi connectivity index (χ1) is 14.5. The SMILES string of the molecule is Cc1ccccc1CC[C@@H](N)C(=O)N1CCC[C@H]1C(=O)NCc1ccc(CN)cc1. The fourth-order valence-corrected chi connectivity index (χ4v) is 3.94. The Balaban J connectivity index is 1.53. The van der Waals surface area contributed by atoms with Gasteiger partial charge in [0.1, 0.15) is 6.04 Å². The van der Waals surface area contributed by atoms with Gasteiger partial charge in [-0.15, -0.1) is 0 Å². The van der Waals surface area contributed by atoms with Crippen LogP contribution in [0.5, 0.6) is 0 Å². The lowest BCUT2D eigenvalue weighted by atomic mass is 10.0. The van der Waals surface area contributed by atoms with Crippen molar-refractivity contribution in [1.29, 1.82) is 0 Å². The van der Waals surface area contributed by atoms with E-state index in [0.29, 0.717) is 32.5 Å². The molecule has 3 rings (SSSR count). The van der Waals surface area contributed by atoms with Crippen LogP contribution in [-0.4, -0.2) is 35.3 Å². The summed E-state index contributed by atoms with van der Waals surface area (Å²) in [6.45, 7) is 3.57. The average Bonchev–Trinajstić information content (AvgIpc) is 3.26. The van der Waals surface area contributed by atoms with E-state index in [1.54, 1.807) is 4.90 Å². The number of likely N-dealkylation sites (tertiary alicyclic amines) is 1. The molecular formula is C24H32N4O2. The van der Waals surface area contributed by atoms with Gasteiger partial charge in [0, 0.05) is 19.6 Å². The summed E-state index contributed by atoms with van der Waals surface area (Å²) in [5.74, 6) is -0.247. The number of carbonyl (C=O) groups excluding carboxylic acids is 2. The van der Waals surface area contributed by atoms with Gasteiger partial charge in [-0.2, -0.15) is 0 Å². The van der Waals surface area contributed by atoms with Crippen molar-refractivity contribution in [2.75, 3.05) is 6.54 Å². The minimum atomic E-state index is -0.596. The molecule has 0 aromatic heterocycles. The highest BCUT2D eigenvalue weighted by Gasteiger charge is 2.35. The van der Waals surface area contributed by atoms with Crippen molar-refractivity contribution >= 4 is 11.8 Å². The van der Waals surface area contributed by atoms with Crippen LogP contribution in [0.25, 0.3) is 0 Å². The summed E-state index contributed by atoms with van der Waals surface area (Å²) in [6.07, 6.45) is 2.82. The number of aryl methyl sites for hydroxylation is 2. The van der Waals surface area contributed by atoms with Crippen LogP contribution in [-0.2, 0) is 29.1 Å². The lowest BCUT2D eigenvalue weighted by molar-refractivity contribution is -0.139. The van der Waals surface area contributed by atoms with Crippen molar-refractivity contribution in [3.05, 3.63) is 70.8 Å². The average molecular weight is 409 g/mol. The van der Waals surface area contributed by atoms with Crippen LogP contribution in [0.15, 0.2) is 48.5 Å². The Labute approximate surface area is 178 Å². The quantitative estimate of drug-likeness (QED) is 0.622. The number of hydrogen-bond donors (Lipinski definition) is 3. The van der Waals surface area contributed by atoms with Gasteiger partial charge in [0.2, 0.25) is 11.8 Å². The lowest BCUT2D eigenvalue weighted by Crippen LogP contribution is -2.51. The highest BCUT2D eigenvalue weighted by molar-refractivity contribution is 5.90. The van der Waals surface area contributed by atoms with Crippen molar-refractivity contribution in [1.82, 2.24) is 10.2 Å². The maximum atomic E-state index is 12.9. The Hall–Kier alpha value is -2.70. The summed E-state index contributed by atoms with van der Waals surface area (Å²) in [7, 11) is 0. The third kappa shape index (κ3) is 5.46. The molecule has 2 aromatic rings. The lowest BCUT2D eigenvalue weighted by Gasteiger charge is -2.27. The van der Waals surface area contributed by atoms with E-state index in [0.717, 1.165) is 24.0 Å². The first-order valence-corrected chi connectivity index (χ1v) is 10.7. The monoisotopic (exact) mass is 408 g/mol. The van der Waals surface area contributed by atoms with Gasteiger partial charge in [0.15, 0.2) is 0 Å². The summed E-state index contributed by atoms with van der Waals surface area (Å²) < 4.78 is 0. The molecule has 0 aliphatic carbocycles. The highest BCUT2D eigenvalue weighted by Crippen LogP contribution is 2.20. The molecule has 0 radical (unpaired) electrons. The summed E-state index contributed by atoms with van der Waals surface area (Å²) in [5.41, 5.74) is 16.3. The van der Waals surface area contributed by atoms with Crippen LogP contribution in [0.1, 0.15) is 41.5 Å². The molecule has 2 aromatic carbocycles. The number of rotatable bonds is 8. The van der Waals surface area contributed by atoms with Crippen LogP contribution >= 0.6 is 0 Å². The first-order valence-electron chi connectivity index (χ1n) is 10.7. The molecule has 0 unspecified atom stereocenters. The summed E-state index contributed by atoms with van der Waals surface area (Å²) in [6, 6.07) is 14.9. The molecule has 0 bridgehead atoms. The predicted molar refractivity (Wildman–Crippen MR) is 118 cm³/mol.